The third-order valence-electron chi connectivity index (χ3n) is 2.65. The van der Waals surface area contributed by atoms with E-state index in [9.17, 15) is 4.79 Å². The van der Waals surface area contributed by atoms with E-state index in [2.05, 4.69) is 6.92 Å². The molecule has 2 atom stereocenters. The topological polar surface area (TPSA) is 17.1 Å². The van der Waals surface area contributed by atoms with Crippen LogP contribution < -0.4 is 0 Å². The van der Waals surface area contributed by atoms with Crippen molar-refractivity contribution in [2.45, 2.75) is 33.6 Å². The van der Waals surface area contributed by atoms with Crippen molar-refractivity contribution in [3.63, 3.8) is 0 Å². The molecule has 1 aliphatic carbocycles. The summed E-state index contributed by atoms with van der Waals surface area (Å²) in [4.78, 5) is 11.3. The van der Waals surface area contributed by atoms with Crippen LogP contribution in [0.15, 0.2) is 11.6 Å². The Hall–Kier alpha value is -0.590. The molecule has 11 heavy (non-hydrogen) atoms. The molecule has 0 aliphatic heterocycles. The molecule has 1 nitrogen and oxygen atoms in total. The molecule has 0 amide bonds. The monoisotopic (exact) mass is 152 g/mol. The van der Waals surface area contributed by atoms with Crippen molar-refractivity contribution in [1.29, 1.82) is 0 Å². The van der Waals surface area contributed by atoms with E-state index in [1.165, 1.54) is 5.57 Å². The SMILES string of the molecule is CCC1CC(C)=CC(=O)C1C. The summed E-state index contributed by atoms with van der Waals surface area (Å²) >= 11 is 0. The summed E-state index contributed by atoms with van der Waals surface area (Å²) in [5.74, 6) is 1.16. The average Bonchev–Trinajstić information content (AvgIpc) is 1.96. The Kier molecular flexibility index (Phi) is 2.48. The summed E-state index contributed by atoms with van der Waals surface area (Å²) in [6.07, 6.45) is 4.04. The Balaban J connectivity index is 2.76. The first-order chi connectivity index (χ1) is 5.15. The lowest BCUT2D eigenvalue weighted by Gasteiger charge is -2.25. The zero-order chi connectivity index (χ0) is 8.43. The number of allylic oxidation sites excluding steroid dienone is 2. The number of carbonyl (C=O) groups is 1. The maximum atomic E-state index is 11.3. The highest BCUT2D eigenvalue weighted by atomic mass is 16.1. The van der Waals surface area contributed by atoms with Gasteiger partial charge in [-0.3, -0.25) is 4.79 Å². The van der Waals surface area contributed by atoms with Gasteiger partial charge in [0.2, 0.25) is 0 Å². The number of ketones is 1. The standard InChI is InChI=1S/C10H16O/c1-4-9-5-7(2)6-10(11)8(9)3/h6,8-9H,4-5H2,1-3H3. The zero-order valence-electron chi connectivity index (χ0n) is 7.55. The molecule has 2 unspecified atom stereocenters. The second-order valence-electron chi connectivity index (χ2n) is 3.55. The quantitative estimate of drug-likeness (QED) is 0.564. The molecule has 1 rings (SSSR count). The molecule has 0 saturated heterocycles. The van der Waals surface area contributed by atoms with Crippen LogP contribution in [0.4, 0.5) is 0 Å². The lowest BCUT2D eigenvalue weighted by molar-refractivity contribution is -0.119. The van der Waals surface area contributed by atoms with Gasteiger partial charge >= 0.3 is 0 Å². The minimum Gasteiger partial charge on any atom is -0.295 e. The van der Waals surface area contributed by atoms with Crippen molar-refractivity contribution in [3.8, 4) is 0 Å². The molecule has 0 aromatic carbocycles. The molecule has 0 fully saturated rings. The normalized spacial score (nSPS) is 31.9. The van der Waals surface area contributed by atoms with Gasteiger partial charge < -0.3 is 0 Å². The van der Waals surface area contributed by atoms with Crippen LogP contribution >= 0.6 is 0 Å². The third-order valence-corrected chi connectivity index (χ3v) is 2.65. The van der Waals surface area contributed by atoms with Crippen LogP contribution in [-0.2, 0) is 4.79 Å². The Morgan fingerprint density at radius 3 is 2.82 bits per heavy atom. The van der Waals surface area contributed by atoms with Crippen molar-refractivity contribution in [1.82, 2.24) is 0 Å². The summed E-state index contributed by atoms with van der Waals surface area (Å²) in [6.45, 7) is 6.25. The van der Waals surface area contributed by atoms with Gasteiger partial charge in [0, 0.05) is 5.92 Å². The molecule has 62 valence electrons. The van der Waals surface area contributed by atoms with Gasteiger partial charge in [0.1, 0.15) is 0 Å². The van der Waals surface area contributed by atoms with Crippen molar-refractivity contribution < 1.29 is 4.79 Å². The van der Waals surface area contributed by atoms with Crippen LogP contribution in [0.25, 0.3) is 0 Å². The van der Waals surface area contributed by atoms with E-state index in [1.54, 1.807) is 6.08 Å². The predicted octanol–water partition coefficient (Wildman–Crippen LogP) is 2.57. The van der Waals surface area contributed by atoms with Gasteiger partial charge in [-0.2, -0.15) is 0 Å². The molecule has 0 saturated carbocycles. The molecule has 1 aliphatic rings. The molecule has 0 aromatic rings. The van der Waals surface area contributed by atoms with Crippen LogP contribution in [0.3, 0.4) is 0 Å². The van der Waals surface area contributed by atoms with E-state index in [0.717, 1.165) is 12.8 Å². The molecule has 0 N–H and O–H groups in total. The summed E-state index contributed by atoms with van der Waals surface area (Å²) in [6, 6.07) is 0. The maximum Gasteiger partial charge on any atom is 0.158 e. The van der Waals surface area contributed by atoms with Gasteiger partial charge in [0.25, 0.3) is 0 Å². The van der Waals surface area contributed by atoms with Crippen molar-refractivity contribution in [3.05, 3.63) is 11.6 Å². The number of carbonyl (C=O) groups excluding carboxylic acids is 1. The van der Waals surface area contributed by atoms with E-state index in [4.69, 9.17) is 0 Å². The Morgan fingerprint density at radius 1 is 1.64 bits per heavy atom. The average molecular weight is 152 g/mol. The molecule has 0 aromatic heterocycles. The smallest absolute Gasteiger partial charge is 0.158 e. The minimum atomic E-state index is 0.253. The second kappa shape index (κ2) is 3.21. The summed E-state index contributed by atoms with van der Waals surface area (Å²) in [5, 5.41) is 0. The van der Waals surface area contributed by atoms with E-state index < -0.39 is 0 Å². The summed E-state index contributed by atoms with van der Waals surface area (Å²) < 4.78 is 0. The Labute approximate surface area is 68.5 Å². The van der Waals surface area contributed by atoms with Gasteiger partial charge in [-0.1, -0.05) is 25.8 Å². The first kappa shape index (κ1) is 8.51. The van der Waals surface area contributed by atoms with Gasteiger partial charge in [-0.05, 0) is 25.3 Å². The van der Waals surface area contributed by atoms with Crippen molar-refractivity contribution in [2.75, 3.05) is 0 Å². The molecule has 1 heteroatoms. The lowest BCUT2D eigenvalue weighted by atomic mass is 9.79. The van der Waals surface area contributed by atoms with E-state index in [1.807, 2.05) is 13.8 Å². The highest BCUT2D eigenvalue weighted by molar-refractivity contribution is 5.93. The molecular formula is C10H16O. The molecule has 0 heterocycles. The minimum absolute atomic E-state index is 0.253. The molecule has 0 radical (unpaired) electrons. The van der Waals surface area contributed by atoms with Crippen LogP contribution in [0.5, 0.6) is 0 Å². The zero-order valence-corrected chi connectivity index (χ0v) is 7.55. The predicted molar refractivity (Wildman–Crippen MR) is 46.3 cm³/mol. The van der Waals surface area contributed by atoms with Crippen LogP contribution in [0, 0.1) is 11.8 Å². The second-order valence-corrected chi connectivity index (χ2v) is 3.55. The van der Waals surface area contributed by atoms with E-state index >= 15 is 0 Å². The van der Waals surface area contributed by atoms with Crippen molar-refractivity contribution in [2.24, 2.45) is 11.8 Å². The van der Waals surface area contributed by atoms with Crippen LogP contribution in [-0.4, -0.2) is 5.78 Å². The number of hydrogen-bond acceptors (Lipinski definition) is 1. The third kappa shape index (κ3) is 1.70. The highest BCUT2D eigenvalue weighted by Gasteiger charge is 2.25. The van der Waals surface area contributed by atoms with E-state index in [-0.39, 0.29) is 5.92 Å². The Bertz CT molecular complexity index is 191. The fourth-order valence-corrected chi connectivity index (χ4v) is 1.75. The highest BCUT2D eigenvalue weighted by Crippen LogP contribution is 2.28. The molecule has 0 spiro atoms. The largest absolute Gasteiger partial charge is 0.295 e. The number of rotatable bonds is 1. The number of hydrogen-bond donors (Lipinski definition) is 0. The first-order valence-electron chi connectivity index (χ1n) is 4.36. The van der Waals surface area contributed by atoms with E-state index in [0.29, 0.717) is 11.7 Å². The van der Waals surface area contributed by atoms with Gasteiger partial charge in [-0.15, -0.1) is 0 Å². The fraction of sp³-hybridized carbons (Fsp3) is 0.700. The Morgan fingerprint density at radius 2 is 2.27 bits per heavy atom. The fourth-order valence-electron chi connectivity index (χ4n) is 1.75. The molecular weight excluding hydrogens is 136 g/mol. The lowest BCUT2D eigenvalue weighted by Crippen LogP contribution is -2.23. The van der Waals surface area contributed by atoms with Crippen LogP contribution in [0.2, 0.25) is 0 Å². The van der Waals surface area contributed by atoms with Crippen molar-refractivity contribution >= 4 is 5.78 Å². The van der Waals surface area contributed by atoms with Gasteiger partial charge in [-0.25, -0.2) is 0 Å². The molecule has 0 bridgehead atoms. The first-order valence-corrected chi connectivity index (χ1v) is 4.36. The van der Waals surface area contributed by atoms with Gasteiger partial charge in [0.15, 0.2) is 5.78 Å². The summed E-state index contributed by atoms with van der Waals surface area (Å²) in [5.41, 5.74) is 1.25. The maximum absolute atomic E-state index is 11.3. The summed E-state index contributed by atoms with van der Waals surface area (Å²) in [7, 11) is 0. The van der Waals surface area contributed by atoms with Gasteiger partial charge in [0.05, 0.1) is 0 Å². The van der Waals surface area contributed by atoms with Crippen LogP contribution in [0.1, 0.15) is 33.6 Å².